The van der Waals surface area contributed by atoms with E-state index < -0.39 is 49.5 Å². The molecule has 0 amide bonds. The lowest BCUT2D eigenvalue weighted by molar-refractivity contribution is -0.0894. The van der Waals surface area contributed by atoms with Crippen molar-refractivity contribution in [2.45, 2.75) is 62.9 Å². The van der Waals surface area contributed by atoms with Gasteiger partial charge in [0.1, 0.15) is 11.4 Å². The number of methoxy groups -OCH3 is 1. The Morgan fingerprint density at radius 1 is 0.917 bits per heavy atom. The zero-order valence-corrected chi connectivity index (χ0v) is 29.2. The number of azide groups is 1. The molecule has 1 saturated heterocycles. The molecule has 5 rings (SSSR count). The van der Waals surface area contributed by atoms with Crippen LogP contribution in [0.4, 0.5) is 0 Å². The van der Waals surface area contributed by atoms with Gasteiger partial charge in [-0.05, 0) is 52.5 Å². The summed E-state index contributed by atoms with van der Waals surface area (Å²) in [6, 6.07) is 28.9. The van der Waals surface area contributed by atoms with Crippen LogP contribution in [-0.2, 0) is 19.5 Å². The zero-order valence-electron chi connectivity index (χ0n) is 28.2. The van der Waals surface area contributed by atoms with E-state index in [2.05, 4.69) is 48.9 Å². The number of hydrogen-bond acceptors (Lipinski definition) is 7. The van der Waals surface area contributed by atoms with E-state index in [0.717, 1.165) is 16.7 Å². The minimum Gasteiger partial charge on any atom is -0.497 e. The van der Waals surface area contributed by atoms with Gasteiger partial charge >= 0.3 is 5.69 Å². The topological polar surface area (TPSA) is 141 Å². The van der Waals surface area contributed by atoms with Gasteiger partial charge in [0, 0.05) is 29.6 Å². The van der Waals surface area contributed by atoms with Crippen LogP contribution in [0.5, 0.6) is 5.75 Å². The number of rotatable bonds is 12. The average molecular weight is 670 g/mol. The molecule has 3 aromatic carbocycles. The molecule has 0 unspecified atom stereocenters. The van der Waals surface area contributed by atoms with Gasteiger partial charge in [0.15, 0.2) is 14.5 Å². The third-order valence-corrected chi connectivity index (χ3v) is 14.0. The van der Waals surface area contributed by atoms with Crippen LogP contribution in [0, 0.1) is 5.92 Å². The van der Waals surface area contributed by atoms with Crippen LogP contribution in [0.1, 0.15) is 43.7 Å². The summed E-state index contributed by atoms with van der Waals surface area (Å²) in [5.74, 6) is 0.223. The molecule has 1 N–H and O–H groups in total. The number of nitrogens with one attached hydrogen (secondary N) is 1. The number of nitrogens with zero attached hydrogens (tertiary/aromatic N) is 4. The van der Waals surface area contributed by atoms with Crippen LogP contribution in [0.25, 0.3) is 10.4 Å². The summed E-state index contributed by atoms with van der Waals surface area (Å²) in [5.41, 5.74) is 9.86. The van der Waals surface area contributed by atoms with E-state index in [4.69, 9.17) is 18.6 Å². The highest BCUT2D eigenvalue weighted by Crippen LogP contribution is 2.46. The summed E-state index contributed by atoms with van der Waals surface area (Å²) in [4.78, 5) is 30.6. The maximum Gasteiger partial charge on any atom is 0.330 e. The molecule has 252 valence electrons. The van der Waals surface area contributed by atoms with Crippen LogP contribution < -0.4 is 16.0 Å². The Labute approximate surface area is 281 Å². The Hall–Kier alpha value is -4.45. The molecule has 1 aromatic heterocycles. The smallest absolute Gasteiger partial charge is 0.330 e. The van der Waals surface area contributed by atoms with Crippen molar-refractivity contribution in [3.05, 3.63) is 145 Å². The Morgan fingerprint density at radius 2 is 1.50 bits per heavy atom. The van der Waals surface area contributed by atoms with Gasteiger partial charge in [-0.1, -0.05) is 98.7 Å². The maximum absolute atomic E-state index is 13.1. The first-order valence-electron chi connectivity index (χ1n) is 16.0. The summed E-state index contributed by atoms with van der Waals surface area (Å²) in [6.07, 6.45) is -0.853. The molecule has 1 aliphatic rings. The van der Waals surface area contributed by atoms with Crippen molar-refractivity contribution in [1.29, 1.82) is 0 Å². The molecular weight excluding hydrogens is 627 g/mol. The van der Waals surface area contributed by atoms with E-state index in [9.17, 15) is 15.1 Å². The van der Waals surface area contributed by atoms with Crippen LogP contribution in [0.2, 0.25) is 18.1 Å². The Bertz CT molecular complexity index is 1790. The van der Waals surface area contributed by atoms with Gasteiger partial charge in [0.2, 0.25) is 0 Å². The summed E-state index contributed by atoms with van der Waals surface area (Å²) in [7, 11) is -0.839. The molecule has 0 spiro atoms. The standard InChI is InChI=1S/C36H43N5O6Si/c1-35(2,3)48(5,6)47-32-29(23-38-40-37)30(46-33(32)41-22-21-31(42)39-34(41)43)24-45-36(25-13-9-7-10-14-25,26-15-11-8-12-16-26)27-17-19-28(44-4)20-18-27/h7-22,29-30,32-33H,23-24H2,1-6H3,(H,39,42,43)/t29-,30-,32-,33-/m1/s1. The number of hydrogen-bond donors (Lipinski definition) is 1. The number of ether oxygens (including phenoxy) is 3. The normalized spacial score (nSPS) is 19.9. The fourth-order valence-electron chi connectivity index (χ4n) is 5.94. The number of benzene rings is 3. The molecule has 0 saturated carbocycles. The van der Waals surface area contributed by atoms with Crippen LogP contribution in [0.15, 0.2) is 112 Å². The van der Waals surface area contributed by atoms with Crippen molar-refractivity contribution in [3.8, 4) is 5.75 Å². The lowest BCUT2D eigenvalue weighted by Gasteiger charge is -2.41. The SMILES string of the molecule is COc1ccc(C(OC[C@H]2O[C@@H](n3ccc(=O)[nH]c3=O)[C@H](O[Si](C)(C)C(C)(C)C)[C@@H]2CN=[N+]=[N-])(c2ccccc2)c2ccccc2)cc1. The van der Waals surface area contributed by atoms with Gasteiger partial charge < -0.3 is 18.6 Å². The minimum atomic E-state index is -2.46. The first-order valence-corrected chi connectivity index (χ1v) is 18.9. The fourth-order valence-corrected chi connectivity index (χ4v) is 7.26. The van der Waals surface area contributed by atoms with E-state index in [0.29, 0.717) is 5.75 Å². The van der Waals surface area contributed by atoms with Gasteiger partial charge in [-0.2, -0.15) is 0 Å². The molecule has 0 radical (unpaired) electrons. The predicted octanol–water partition coefficient (Wildman–Crippen LogP) is 6.77. The first-order chi connectivity index (χ1) is 22.9. The lowest BCUT2D eigenvalue weighted by Crippen LogP contribution is -2.49. The molecule has 11 nitrogen and oxygen atoms in total. The Morgan fingerprint density at radius 3 is 2.02 bits per heavy atom. The predicted molar refractivity (Wildman–Crippen MR) is 187 cm³/mol. The second-order valence-corrected chi connectivity index (χ2v) is 18.2. The summed E-state index contributed by atoms with van der Waals surface area (Å²) < 4.78 is 27.6. The van der Waals surface area contributed by atoms with E-state index in [1.54, 1.807) is 7.11 Å². The number of aromatic nitrogens is 2. The van der Waals surface area contributed by atoms with Gasteiger partial charge in [0.05, 0.1) is 25.9 Å². The second-order valence-electron chi connectivity index (χ2n) is 13.5. The summed E-state index contributed by atoms with van der Waals surface area (Å²) in [5, 5.41) is 3.80. The minimum absolute atomic E-state index is 0.0463. The van der Waals surface area contributed by atoms with E-state index in [1.807, 2.05) is 84.9 Å². The van der Waals surface area contributed by atoms with Gasteiger partial charge in [-0.3, -0.25) is 14.3 Å². The molecule has 0 bridgehead atoms. The lowest BCUT2D eigenvalue weighted by atomic mass is 9.80. The highest BCUT2D eigenvalue weighted by Gasteiger charge is 2.51. The van der Waals surface area contributed by atoms with Gasteiger partial charge in [-0.25, -0.2) is 4.79 Å². The Balaban J connectivity index is 1.63. The van der Waals surface area contributed by atoms with Crippen molar-refractivity contribution in [1.82, 2.24) is 9.55 Å². The molecular formula is C36H43N5O6Si. The van der Waals surface area contributed by atoms with Crippen molar-refractivity contribution in [2.75, 3.05) is 20.3 Å². The molecule has 0 aliphatic carbocycles. The molecule has 2 heterocycles. The number of H-pyrrole nitrogens is 1. The van der Waals surface area contributed by atoms with E-state index in [-0.39, 0.29) is 18.2 Å². The largest absolute Gasteiger partial charge is 0.497 e. The quantitative estimate of drug-likeness (QED) is 0.0581. The highest BCUT2D eigenvalue weighted by molar-refractivity contribution is 6.74. The fraction of sp³-hybridized carbons (Fsp3) is 0.389. The molecule has 4 atom stereocenters. The molecule has 1 aliphatic heterocycles. The molecule has 48 heavy (non-hydrogen) atoms. The number of aromatic amines is 1. The van der Waals surface area contributed by atoms with Gasteiger partial charge in [0.25, 0.3) is 5.56 Å². The molecule has 12 heteroatoms. The van der Waals surface area contributed by atoms with E-state index >= 15 is 0 Å². The monoisotopic (exact) mass is 669 g/mol. The highest BCUT2D eigenvalue weighted by atomic mass is 28.4. The Kier molecular flexibility index (Phi) is 10.4. The zero-order chi connectivity index (χ0) is 34.5. The summed E-state index contributed by atoms with van der Waals surface area (Å²) >= 11 is 0. The third-order valence-electron chi connectivity index (χ3n) is 9.53. The van der Waals surface area contributed by atoms with Crippen LogP contribution in [-0.4, -0.2) is 50.3 Å². The van der Waals surface area contributed by atoms with Crippen molar-refractivity contribution in [2.24, 2.45) is 11.0 Å². The van der Waals surface area contributed by atoms with E-state index in [1.165, 1.54) is 16.8 Å². The average Bonchev–Trinajstić information content (AvgIpc) is 3.40. The van der Waals surface area contributed by atoms with Crippen molar-refractivity contribution in [3.63, 3.8) is 0 Å². The van der Waals surface area contributed by atoms with Crippen molar-refractivity contribution < 1.29 is 18.6 Å². The first kappa shape index (κ1) is 34.9. The molecule has 1 fully saturated rings. The van der Waals surface area contributed by atoms with Gasteiger partial charge in [-0.15, -0.1) is 0 Å². The second kappa shape index (κ2) is 14.3. The van der Waals surface area contributed by atoms with Crippen LogP contribution >= 0.6 is 0 Å². The van der Waals surface area contributed by atoms with Crippen LogP contribution in [0.3, 0.4) is 0 Å². The maximum atomic E-state index is 13.1. The molecule has 4 aromatic rings. The summed E-state index contributed by atoms with van der Waals surface area (Å²) in [6.45, 7) is 10.7. The third kappa shape index (κ3) is 7.03. The van der Waals surface area contributed by atoms with Crippen molar-refractivity contribution >= 4 is 8.32 Å².